The van der Waals surface area contributed by atoms with E-state index in [4.69, 9.17) is 5.73 Å². The lowest BCUT2D eigenvalue weighted by Gasteiger charge is -2.31. The van der Waals surface area contributed by atoms with Gasteiger partial charge in [0, 0.05) is 31.3 Å². The molecule has 0 saturated carbocycles. The standard InChI is InChI=1S/C15H26N6OS/c16-15-17-14(18-19-15)12-3-7-21(8-4-12)13(22)11-23-10-9-20-5-1-2-6-20/h12H,1-11H2,(H3,16,17,18,19). The van der Waals surface area contributed by atoms with Gasteiger partial charge in [-0.25, -0.2) is 0 Å². The Kier molecular flexibility index (Phi) is 5.77. The van der Waals surface area contributed by atoms with E-state index in [-0.39, 0.29) is 5.91 Å². The van der Waals surface area contributed by atoms with Gasteiger partial charge >= 0.3 is 0 Å². The lowest BCUT2D eigenvalue weighted by Crippen LogP contribution is -2.39. The average molecular weight is 338 g/mol. The Hall–Kier alpha value is -1.28. The Morgan fingerprint density at radius 2 is 2.00 bits per heavy atom. The molecule has 2 saturated heterocycles. The van der Waals surface area contributed by atoms with Crippen LogP contribution in [0, 0.1) is 0 Å². The monoisotopic (exact) mass is 338 g/mol. The van der Waals surface area contributed by atoms with E-state index in [1.54, 1.807) is 11.8 Å². The summed E-state index contributed by atoms with van der Waals surface area (Å²) in [5, 5.41) is 6.77. The van der Waals surface area contributed by atoms with Gasteiger partial charge in [-0.2, -0.15) is 16.7 Å². The third-order valence-corrected chi connectivity index (χ3v) is 5.65. The number of hydrogen-bond acceptors (Lipinski definition) is 6. The molecule has 1 aromatic rings. The van der Waals surface area contributed by atoms with E-state index >= 15 is 0 Å². The fourth-order valence-electron chi connectivity index (χ4n) is 3.32. The highest BCUT2D eigenvalue weighted by molar-refractivity contribution is 7.99. The first-order valence-electron chi connectivity index (χ1n) is 8.48. The van der Waals surface area contributed by atoms with Crippen LogP contribution in [-0.4, -0.2) is 75.1 Å². The second-order valence-electron chi connectivity index (χ2n) is 6.34. The number of hydrogen-bond donors (Lipinski definition) is 2. The molecule has 1 aromatic heterocycles. The number of nitrogen functional groups attached to an aromatic ring is 1. The number of nitrogens with two attached hydrogens (primary N) is 1. The van der Waals surface area contributed by atoms with E-state index in [9.17, 15) is 4.79 Å². The number of likely N-dealkylation sites (tertiary alicyclic amines) is 2. The van der Waals surface area contributed by atoms with Crippen molar-refractivity contribution in [3.05, 3.63) is 5.82 Å². The van der Waals surface area contributed by atoms with Crippen LogP contribution in [0.15, 0.2) is 0 Å². The number of nitrogens with one attached hydrogen (secondary N) is 1. The summed E-state index contributed by atoms with van der Waals surface area (Å²) >= 11 is 1.76. The molecule has 8 heteroatoms. The number of thioether (sulfide) groups is 1. The van der Waals surface area contributed by atoms with Crippen LogP contribution in [0.4, 0.5) is 5.95 Å². The molecular weight excluding hydrogens is 312 g/mol. The fraction of sp³-hybridized carbons (Fsp3) is 0.800. The van der Waals surface area contributed by atoms with Gasteiger partial charge < -0.3 is 15.5 Å². The van der Waals surface area contributed by atoms with E-state index < -0.39 is 0 Å². The zero-order valence-corrected chi connectivity index (χ0v) is 14.4. The molecule has 1 amide bonds. The Labute approximate surface area is 141 Å². The summed E-state index contributed by atoms with van der Waals surface area (Å²) in [6.07, 6.45) is 4.52. The van der Waals surface area contributed by atoms with Gasteiger partial charge in [-0.05, 0) is 38.8 Å². The van der Waals surface area contributed by atoms with Crippen molar-refractivity contribution in [3.63, 3.8) is 0 Å². The molecule has 0 bridgehead atoms. The highest BCUT2D eigenvalue weighted by Gasteiger charge is 2.25. The van der Waals surface area contributed by atoms with E-state index in [2.05, 4.69) is 20.1 Å². The fourth-order valence-corrected chi connectivity index (χ4v) is 4.21. The van der Waals surface area contributed by atoms with Crippen LogP contribution in [0.2, 0.25) is 0 Å². The number of aromatic nitrogens is 3. The van der Waals surface area contributed by atoms with Gasteiger partial charge in [0.15, 0.2) is 0 Å². The summed E-state index contributed by atoms with van der Waals surface area (Å²) < 4.78 is 0. The van der Waals surface area contributed by atoms with Gasteiger partial charge in [-0.3, -0.25) is 9.89 Å². The number of H-pyrrole nitrogens is 1. The Morgan fingerprint density at radius 3 is 2.65 bits per heavy atom. The number of amides is 1. The van der Waals surface area contributed by atoms with Crippen molar-refractivity contribution in [1.29, 1.82) is 0 Å². The molecule has 128 valence electrons. The van der Waals surface area contributed by atoms with Crippen LogP contribution in [0.25, 0.3) is 0 Å². The van der Waals surface area contributed by atoms with Gasteiger partial charge in [0.25, 0.3) is 0 Å². The molecule has 7 nitrogen and oxygen atoms in total. The van der Waals surface area contributed by atoms with Crippen molar-refractivity contribution in [2.24, 2.45) is 0 Å². The van der Waals surface area contributed by atoms with Crippen molar-refractivity contribution >= 4 is 23.6 Å². The summed E-state index contributed by atoms with van der Waals surface area (Å²) in [4.78, 5) is 21.0. The number of nitrogens with zero attached hydrogens (tertiary/aromatic N) is 4. The maximum absolute atomic E-state index is 12.3. The zero-order chi connectivity index (χ0) is 16.1. The highest BCUT2D eigenvalue weighted by atomic mass is 32.2. The average Bonchev–Trinajstić information content (AvgIpc) is 3.23. The molecular formula is C15H26N6OS. The number of piperidine rings is 1. The molecule has 2 aliphatic heterocycles. The van der Waals surface area contributed by atoms with Crippen LogP contribution in [-0.2, 0) is 4.79 Å². The third-order valence-electron chi connectivity index (χ3n) is 4.73. The van der Waals surface area contributed by atoms with E-state index in [0.717, 1.165) is 44.1 Å². The van der Waals surface area contributed by atoms with Crippen LogP contribution in [0.3, 0.4) is 0 Å². The summed E-state index contributed by atoms with van der Waals surface area (Å²) in [6, 6.07) is 0. The van der Waals surface area contributed by atoms with Gasteiger partial charge in [0.1, 0.15) is 5.82 Å². The van der Waals surface area contributed by atoms with Gasteiger partial charge in [-0.1, -0.05) is 0 Å². The molecule has 0 aromatic carbocycles. The number of anilines is 1. The first-order chi connectivity index (χ1) is 11.2. The normalized spacial score (nSPS) is 20.3. The van der Waals surface area contributed by atoms with Crippen molar-refractivity contribution < 1.29 is 4.79 Å². The van der Waals surface area contributed by atoms with Crippen molar-refractivity contribution in [2.45, 2.75) is 31.6 Å². The minimum atomic E-state index is 0.270. The second-order valence-corrected chi connectivity index (χ2v) is 7.44. The third kappa shape index (κ3) is 4.60. The summed E-state index contributed by atoms with van der Waals surface area (Å²) in [5.41, 5.74) is 5.55. The Balaban J connectivity index is 1.33. The summed E-state index contributed by atoms with van der Waals surface area (Å²) in [7, 11) is 0. The Morgan fingerprint density at radius 1 is 1.26 bits per heavy atom. The predicted octanol–water partition coefficient (Wildman–Crippen LogP) is 0.922. The van der Waals surface area contributed by atoms with Crippen LogP contribution >= 0.6 is 11.8 Å². The van der Waals surface area contributed by atoms with Crippen molar-refractivity contribution in [1.82, 2.24) is 25.0 Å². The first-order valence-corrected chi connectivity index (χ1v) is 9.63. The molecule has 3 rings (SSSR count). The lowest BCUT2D eigenvalue weighted by molar-refractivity contribution is -0.129. The van der Waals surface area contributed by atoms with Crippen LogP contribution in [0.5, 0.6) is 0 Å². The molecule has 2 fully saturated rings. The van der Waals surface area contributed by atoms with E-state index in [1.807, 2.05) is 4.90 Å². The molecule has 0 radical (unpaired) electrons. The topological polar surface area (TPSA) is 91.1 Å². The minimum absolute atomic E-state index is 0.270. The van der Waals surface area contributed by atoms with Crippen molar-refractivity contribution in [3.8, 4) is 0 Å². The van der Waals surface area contributed by atoms with Gasteiger partial charge in [0.05, 0.1) is 5.75 Å². The molecule has 0 spiro atoms. The largest absolute Gasteiger partial charge is 0.367 e. The molecule has 0 atom stereocenters. The summed E-state index contributed by atoms with van der Waals surface area (Å²) in [5.74, 6) is 3.42. The Bertz CT molecular complexity index is 508. The van der Waals surface area contributed by atoms with Gasteiger partial charge in [-0.15, -0.1) is 5.10 Å². The molecule has 2 aliphatic rings. The quantitative estimate of drug-likeness (QED) is 0.750. The van der Waals surface area contributed by atoms with E-state index in [1.165, 1.54) is 25.9 Å². The maximum atomic E-state index is 12.3. The summed E-state index contributed by atoms with van der Waals surface area (Å²) in [6.45, 7) is 5.18. The minimum Gasteiger partial charge on any atom is -0.367 e. The maximum Gasteiger partial charge on any atom is 0.239 e. The molecule has 0 unspecified atom stereocenters. The van der Waals surface area contributed by atoms with Crippen molar-refractivity contribution in [2.75, 3.05) is 50.0 Å². The van der Waals surface area contributed by atoms with Crippen LogP contribution < -0.4 is 5.73 Å². The first kappa shape index (κ1) is 16.6. The lowest BCUT2D eigenvalue weighted by atomic mass is 9.96. The van der Waals surface area contributed by atoms with Crippen LogP contribution in [0.1, 0.15) is 37.4 Å². The molecule has 3 N–H and O–H groups in total. The number of carbonyl (C=O) groups is 1. The predicted molar refractivity (Wildman–Crippen MR) is 92.3 cm³/mol. The highest BCUT2D eigenvalue weighted by Crippen LogP contribution is 2.26. The molecule has 23 heavy (non-hydrogen) atoms. The molecule has 0 aliphatic carbocycles. The SMILES string of the molecule is Nc1n[nH]c(C2CCN(C(=O)CSCCN3CCCC3)CC2)n1. The number of aromatic amines is 1. The zero-order valence-electron chi connectivity index (χ0n) is 13.5. The smallest absolute Gasteiger partial charge is 0.239 e. The second kappa shape index (κ2) is 8.01. The molecule has 3 heterocycles. The van der Waals surface area contributed by atoms with Gasteiger partial charge in [0.2, 0.25) is 11.9 Å². The number of carbonyl (C=O) groups excluding carboxylic acids is 1. The van der Waals surface area contributed by atoms with E-state index in [0.29, 0.717) is 17.6 Å². The number of rotatable bonds is 6.